The molecule has 3 atom stereocenters. The van der Waals surface area contributed by atoms with Crippen molar-refractivity contribution in [3.8, 4) is 0 Å². The molecule has 1 aromatic carbocycles. The first-order valence-electron chi connectivity index (χ1n) is 10.8. The van der Waals surface area contributed by atoms with Crippen molar-refractivity contribution in [3.63, 3.8) is 0 Å². The number of amides is 2. The number of para-hydroxylation sites is 1. The van der Waals surface area contributed by atoms with Crippen LogP contribution in [-0.4, -0.2) is 42.9 Å². The third-order valence-electron chi connectivity index (χ3n) is 6.28. The summed E-state index contributed by atoms with van der Waals surface area (Å²) in [6.45, 7) is 10.2. The number of hydrogen-bond donors (Lipinski definition) is 2. The van der Waals surface area contributed by atoms with Gasteiger partial charge in [0.2, 0.25) is 5.91 Å². The Balaban J connectivity index is 1.64. The summed E-state index contributed by atoms with van der Waals surface area (Å²) in [5.41, 5.74) is 1.24. The molecule has 2 N–H and O–H groups in total. The van der Waals surface area contributed by atoms with Crippen LogP contribution in [0.15, 0.2) is 24.3 Å². The maximum Gasteiger partial charge on any atom is 0.255 e. The molecule has 0 aromatic heterocycles. The highest BCUT2D eigenvalue weighted by Gasteiger charge is 2.28. The molecule has 0 saturated carbocycles. The molecular weight excluding hydrogens is 350 g/mol. The number of hydrogen-bond acceptors (Lipinski definition) is 3. The number of nitrogens with zero attached hydrogens (tertiary/aromatic N) is 1. The van der Waals surface area contributed by atoms with Crippen LogP contribution in [0, 0.1) is 23.7 Å². The Hall–Kier alpha value is -1.88. The first-order chi connectivity index (χ1) is 13.4. The Morgan fingerprint density at radius 1 is 1.14 bits per heavy atom. The number of piperidine rings is 2. The number of nitrogens with one attached hydrogen (secondary N) is 2. The van der Waals surface area contributed by atoms with E-state index < -0.39 is 0 Å². The van der Waals surface area contributed by atoms with Gasteiger partial charge in [-0.25, -0.2) is 0 Å². The Morgan fingerprint density at radius 3 is 2.46 bits per heavy atom. The molecule has 28 heavy (non-hydrogen) atoms. The highest BCUT2D eigenvalue weighted by atomic mass is 16.2. The third-order valence-corrected chi connectivity index (χ3v) is 6.28. The minimum absolute atomic E-state index is 0.00617. The van der Waals surface area contributed by atoms with E-state index in [2.05, 4.69) is 31.4 Å². The smallest absolute Gasteiger partial charge is 0.255 e. The van der Waals surface area contributed by atoms with Crippen molar-refractivity contribution in [2.75, 3.05) is 31.5 Å². The fourth-order valence-electron chi connectivity index (χ4n) is 4.85. The zero-order chi connectivity index (χ0) is 20.1. The van der Waals surface area contributed by atoms with Gasteiger partial charge in [-0.1, -0.05) is 32.9 Å². The molecule has 5 nitrogen and oxygen atoms in total. The van der Waals surface area contributed by atoms with Crippen LogP contribution >= 0.6 is 0 Å². The van der Waals surface area contributed by atoms with Gasteiger partial charge < -0.3 is 15.5 Å². The van der Waals surface area contributed by atoms with Gasteiger partial charge in [0.1, 0.15) is 0 Å². The molecule has 0 spiro atoms. The van der Waals surface area contributed by atoms with Crippen LogP contribution < -0.4 is 10.6 Å². The van der Waals surface area contributed by atoms with E-state index in [0.717, 1.165) is 45.4 Å². The number of carbonyl (C=O) groups excluding carboxylic acids is 2. The lowest BCUT2D eigenvalue weighted by atomic mass is 9.84. The van der Waals surface area contributed by atoms with Crippen LogP contribution in [0.2, 0.25) is 0 Å². The minimum atomic E-state index is 0.00617. The molecule has 3 unspecified atom stereocenters. The molecule has 2 aliphatic rings. The van der Waals surface area contributed by atoms with Crippen molar-refractivity contribution in [2.24, 2.45) is 23.7 Å². The van der Waals surface area contributed by atoms with Crippen molar-refractivity contribution in [1.29, 1.82) is 0 Å². The Bertz CT molecular complexity index is 674. The van der Waals surface area contributed by atoms with Crippen molar-refractivity contribution in [3.05, 3.63) is 29.8 Å². The fourth-order valence-corrected chi connectivity index (χ4v) is 4.85. The molecule has 2 amide bonds. The summed E-state index contributed by atoms with van der Waals surface area (Å²) in [4.78, 5) is 27.7. The van der Waals surface area contributed by atoms with E-state index in [9.17, 15) is 9.59 Å². The lowest BCUT2D eigenvalue weighted by molar-refractivity contribution is -0.117. The molecule has 1 aromatic rings. The Morgan fingerprint density at radius 2 is 1.79 bits per heavy atom. The van der Waals surface area contributed by atoms with Gasteiger partial charge in [0.15, 0.2) is 0 Å². The summed E-state index contributed by atoms with van der Waals surface area (Å²) in [5, 5.41) is 6.40. The van der Waals surface area contributed by atoms with E-state index >= 15 is 0 Å². The quantitative estimate of drug-likeness (QED) is 0.811. The maximum absolute atomic E-state index is 13.1. The number of rotatable bonds is 5. The third kappa shape index (κ3) is 5.34. The van der Waals surface area contributed by atoms with Gasteiger partial charge in [-0.05, 0) is 68.2 Å². The van der Waals surface area contributed by atoms with Gasteiger partial charge >= 0.3 is 0 Å². The summed E-state index contributed by atoms with van der Waals surface area (Å²) in [6, 6.07) is 7.43. The Kier molecular flexibility index (Phi) is 7.11. The highest BCUT2D eigenvalue weighted by molar-refractivity contribution is 6.03. The second-order valence-corrected chi connectivity index (χ2v) is 9.02. The molecule has 0 aliphatic carbocycles. The average Bonchev–Trinajstić information content (AvgIpc) is 2.67. The van der Waals surface area contributed by atoms with Crippen molar-refractivity contribution >= 4 is 17.5 Å². The summed E-state index contributed by atoms with van der Waals surface area (Å²) in [6.07, 6.45) is 3.94. The minimum Gasteiger partial charge on any atom is -0.338 e. The summed E-state index contributed by atoms with van der Waals surface area (Å²) in [5.74, 6) is 2.02. The van der Waals surface area contributed by atoms with E-state index in [1.165, 1.54) is 0 Å². The fraction of sp³-hybridized carbons (Fsp3) is 0.652. The van der Waals surface area contributed by atoms with Crippen molar-refractivity contribution in [2.45, 2.75) is 46.5 Å². The summed E-state index contributed by atoms with van der Waals surface area (Å²) < 4.78 is 0. The molecule has 5 heteroatoms. The molecule has 2 aliphatic heterocycles. The molecule has 3 rings (SSSR count). The molecule has 0 radical (unpaired) electrons. The number of likely N-dealkylation sites (tertiary alicyclic amines) is 1. The number of benzene rings is 1. The van der Waals surface area contributed by atoms with Crippen LogP contribution in [0.5, 0.6) is 0 Å². The lowest BCUT2D eigenvalue weighted by Crippen LogP contribution is -2.42. The van der Waals surface area contributed by atoms with E-state index in [0.29, 0.717) is 41.3 Å². The number of carbonyl (C=O) groups is 2. The lowest BCUT2D eigenvalue weighted by Gasteiger charge is -2.35. The monoisotopic (exact) mass is 385 g/mol. The van der Waals surface area contributed by atoms with E-state index in [4.69, 9.17) is 0 Å². The molecule has 0 bridgehead atoms. The van der Waals surface area contributed by atoms with Gasteiger partial charge in [0, 0.05) is 19.5 Å². The maximum atomic E-state index is 13.1. The SMILES string of the molecule is CC1CC(C)CN(C(=O)c2ccccc2NC(=O)CC(C)C2CCNCC2)C1. The van der Waals surface area contributed by atoms with E-state index in [-0.39, 0.29) is 11.8 Å². The molecule has 2 fully saturated rings. The van der Waals surface area contributed by atoms with Gasteiger partial charge in [-0.2, -0.15) is 0 Å². The topological polar surface area (TPSA) is 61.4 Å². The highest BCUT2D eigenvalue weighted by Crippen LogP contribution is 2.27. The van der Waals surface area contributed by atoms with Crippen LogP contribution in [0.25, 0.3) is 0 Å². The predicted octanol–water partition coefficient (Wildman–Crippen LogP) is 3.77. The van der Waals surface area contributed by atoms with E-state index in [1.54, 1.807) is 0 Å². The second kappa shape index (κ2) is 9.55. The standard InChI is InChI=1S/C23H35N3O2/c1-16-12-17(2)15-26(14-16)23(28)20-6-4-5-7-21(20)25-22(27)13-18(3)19-8-10-24-11-9-19/h4-7,16-19,24H,8-15H2,1-3H3,(H,25,27). The molecular formula is C23H35N3O2. The van der Waals surface area contributed by atoms with Crippen LogP contribution in [0.1, 0.15) is 56.8 Å². The Labute approximate surface area is 169 Å². The summed E-state index contributed by atoms with van der Waals surface area (Å²) in [7, 11) is 0. The average molecular weight is 386 g/mol. The molecule has 2 saturated heterocycles. The van der Waals surface area contributed by atoms with E-state index in [1.807, 2.05) is 29.2 Å². The summed E-state index contributed by atoms with van der Waals surface area (Å²) >= 11 is 0. The normalized spacial score (nSPS) is 24.6. The van der Waals surface area contributed by atoms with Crippen LogP contribution in [0.3, 0.4) is 0 Å². The first-order valence-corrected chi connectivity index (χ1v) is 10.8. The second-order valence-electron chi connectivity index (χ2n) is 9.02. The van der Waals surface area contributed by atoms with Crippen molar-refractivity contribution < 1.29 is 9.59 Å². The largest absolute Gasteiger partial charge is 0.338 e. The molecule has 2 heterocycles. The van der Waals surface area contributed by atoms with Gasteiger partial charge in [0.25, 0.3) is 5.91 Å². The first kappa shape index (κ1) is 20.8. The van der Waals surface area contributed by atoms with Crippen LogP contribution in [0.4, 0.5) is 5.69 Å². The number of anilines is 1. The van der Waals surface area contributed by atoms with Crippen LogP contribution in [-0.2, 0) is 4.79 Å². The molecule has 154 valence electrons. The zero-order valence-electron chi connectivity index (χ0n) is 17.5. The zero-order valence-corrected chi connectivity index (χ0v) is 17.5. The predicted molar refractivity (Wildman–Crippen MR) is 113 cm³/mol. The van der Waals surface area contributed by atoms with Gasteiger partial charge in [0.05, 0.1) is 11.3 Å². The van der Waals surface area contributed by atoms with Gasteiger partial charge in [-0.3, -0.25) is 9.59 Å². The van der Waals surface area contributed by atoms with Crippen molar-refractivity contribution in [1.82, 2.24) is 10.2 Å². The van der Waals surface area contributed by atoms with Gasteiger partial charge in [-0.15, -0.1) is 0 Å².